The second kappa shape index (κ2) is 5.06. The Morgan fingerprint density at radius 2 is 1.83 bits per heavy atom. The van der Waals surface area contributed by atoms with Crippen molar-refractivity contribution < 1.29 is 9.34 Å². The molecule has 1 N–H and O–H groups in total. The van der Waals surface area contributed by atoms with Crippen LogP contribution in [-0.2, 0) is 0 Å². The number of aromatic nitrogens is 3. The van der Waals surface area contributed by atoms with Gasteiger partial charge in [-0.1, -0.05) is 24.3 Å². The first-order valence-electron chi connectivity index (χ1n) is 6.87. The third-order valence-corrected chi connectivity index (χ3v) is 3.49. The maximum absolute atomic E-state index is 10.8. The molecule has 0 amide bonds. The van der Waals surface area contributed by atoms with Crippen LogP contribution in [0.25, 0.3) is 33.9 Å². The van der Waals surface area contributed by atoms with E-state index in [4.69, 9.17) is 4.42 Å². The summed E-state index contributed by atoms with van der Waals surface area (Å²) in [5, 5.41) is 19.9. The molecule has 2 aromatic carbocycles. The third kappa shape index (κ3) is 2.34. The van der Waals surface area contributed by atoms with E-state index in [9.17, 15) is 10.1 Å². The van der Waals surface area contributed by atoms with Gasteiger partial charge in [-0.25, -0.2) is 0 Å². The second-order valence-corrected chi connectivity index (χ2v) is 4.99. The molecular weight excluding hydrogens is 296 g/mol. The van der Waals surface area contributed by atoms with Crippen molar-refractivity contribution in [3.05, 3.63) is 64.7 Å². The lowest BCUT2D eigenvalue weighted by atomic mass is 10.2. The molecular formula is C16H10N4O3. The number of nitrogens with one attached hydrogen (secondary N) is 1. The van der Waals surface area contributed by atoms with E-state index in [2.05, 4.69) is 15.2 Å². The van der Waals surface area contributed by atoms with Gasteiger partial charge in [0.2, 0.25) is 5.89 Å². The van der Waals surface area contributed by atoms with E-state index in [-0.39, 0.29) is 11.6 Å². The van der Waals surface area contributed by atoms with Crippen LogP contribution in [0.2, 0.25) is 0 Å². The minimum atomic E-state index is -0.460. The number of benzene rings is 2. The van der Waals surface area contributed by atoms with Gasteiger partial charge in [0.1, 0.15) is 5.69 Å². The van der Waals surface area contributed by atoms with Crippen molar-refractivity contribution in [2.45, 2.75) is 0 Å². The monoisotopic (exact) mass is 306 g/mol. The molecule has 2 aromatic heterocycles. The summed E-state index contributed by atoms with van der Waals surface area (Å²) in [6.45, 7) is 0. The maximum Gasteiger partial charge on any atom is 0.270 e. The second-order valence-electron chi connectivity index (χ2n) is 4.99. The Bertz CT molecular complexity index is 986. The first-order chi connectivity index (χ1) is 11.2. The van der Waals surface area contributed by atoms with Crippen LogP contribution >= 0.6 is 0 Å². The quantitative estimate of drug-likeness (QED) is 0.458. The lowest BCUT2D eigenvalue weighted by Gasteiger charge is -1.94. The highest BCUT2D eigenvalue weighted by molar-refractivity contribution is 5.84. The summed E-state index contributed by atoms with van der Waals surface area (Å²) in [7, 11) is 0. The van der Waals surface area contributed by atoms with Gasteiger partial charge in [-0.05, 0) is 18.2 Å². The number of nitro benzene ring substituents is 1. The molecule has 23 heavy (non-hydrogen) atoms. The van der Waals surface area contributed by atoms with Gasteiger partial charge in [0, 0.05) is 28.6 Å². The molecule has 4 aromatic rings. The van der Waals surface area contributed by atoms with Crippen LogP contribution in [0, 0.1) is 10.1 Å². The van der Waals surface area contributed by atoms with Crippen LogP contribution in [0.4, 0.5) is 5.69 Å². The molecule has 7 heteroatoms. The van der Waals surface area contributed by atoms with Gasteiger partial charge in [0.15, 0.2) is 0 Å². The van der Waals surface area contributed by atoms with Crippen LogP contribution in [-0.4, -0.2) is 20.1 Å². The number of nitrogens with zero attached hydrogens (tertiary/aromatic N) is 3. The van der Waals surface area contributed by atoms with E-state index >= 15 is 0 Å². The fourth-order valence-electron chi connectivity index (χ4n) is 2.39. The van der Waals surface area contributed by atoms with Crippen LogP contribution in [0.3, 0.4) is 0 Å². The Morgan fingerprint density at radius 3 is 2.65 bits per heavy atom. The van der Waals surface area contributed by atoms with Crippen molar-refractivity contribution in [1.82, 2.24) is 15.2 Å². The fraction of sp³-hybridized carbons (Fsp3) is 0. The average Bonchev–Trinajstić information content (AvgIpc) is 3.21. The summed E-state index contributed by atoms with van der Waals surface area (Å²) in [5.74, 6) is 0.574. The number of nitro groups is 1. The van der Waals surface area contributed by atoms with Crippen LogP contribution < -0.4 is 0 Å². The van der Waals surface area contributed by atoms with E-state index in [0.717, 1.165) is 10.9 Å². The molecule has 4 rings (SSSR count). The summed E-state index contributed by atoms with van der Waals surface area (Å²) >= 11 is 0. The molecule has 0 unspecified atom stereocenters. The smallest absolute Gasteiger partial charge is 0.270 e. The number of rotatable bonds is 3. The summed E-state index contributed by atoms with van der Waals surface area (Å²) in [4.78, 5) is 13.6. The van der Waals surface area contributed by atoms with Crippen molar-refractivity contribution in [2.75, 3.05) is 0 Å². The van der Waals surface area contributed by atoms with E-state index in [1.54, 1.807) is 12.1 Å². The Hall–Kier alpha value is -3.48. The lowest BCUT2D eigenvalue weighted by Crippen LogP contribution is -1.88. The molecule has 112 valence electrons. The zero-order valence-electron chi connectivity index (χ0n) is 11.8. The van der Waals surface area contributed by atoms with Gasteiger partial charge in [0.05, 0.1) is 4.92 Å². The third-order valence-electron chi connectivity index (χ3n) is 3.49. The fourth-order valence-corrected chi connectivity index (χ4v) is 2.39. The molecule has 0 saturated heterocycles. The van der Waals surface area contributed by atoms with Gasteiger partial charge in [-0.3, -0.25) is 10.1 Å². The highest BCUT2D eigenvalue weighted by Crippen LogP contribution is 2.27. The number of H-pyrrole nitrogens is 1. The first kappa shape index (κ1) is 13.2. The van der Waals surface area contributed by atoms with Gasteiger partial charge in [0.25, 0.3) is 11.6 Å². The summed E-state index contributed by atoms with van der Waals surface area (Å²) in [6, 6.07) is 15.8. The zero-order chi connectivity index (χ0) is 15.8. The molecule has 0 saturated carbocycles. The van der Waals surface area contributed by atoms with E-state index < -0.39 is 4.92 Å². The Morgan fingerprint density at radius 1 is 1.00 bits per heavy atom. The van der Waals surface area contributed by atoms with Crippen LogP contribution in [0.5, 0.6) is 0 Å². The van der Waals surface area contributed by atoms with Gasteiger partial charge >= 0.3 is 0 Å². The molecule has 0 radical (unpaired) electrons. The predicted octanol–water partition coefficient (Wildman–Crippen LogP) is 3.79. The van der Waals surface area contributed by atoms with E-state index in [0.29, 0.717) is 17.1 Å². The normalized spacial score (nSPS) is 11.0. The van der Waals surface area contributed by atoms with Gasteiger partial charge < -0.3 is 9.40 Å². The molecule has 0 aliphatic rings. The SMILES string of the molecule is O=[N+]([O-])c1cccc(-c2nnc(-c3cc4ccccc4[nH]3)o2)c1. The topological polar surface area (TPSA) is 97.9 Å². The molecule has 0 spiro atoms. The number of fused-ring (bicyclic) bond motifs is 1. The average molecular weight is 306 g/mol. The highest BCUT2D eigenvalue weighted by Gasteiger charge is 2.15. The number of para-hydroxylation sites is 1. The summed E-state index contributed by atoms with van der Waals surface area (Å²) in [5.41, 5.74) is 2.16. The van der Waals surface area contributed by atoms with Crippen molar-refractivity contribution in [2.24, 2.45) is 0 Å². The zero-order valence-corrected chi connectivity index (χ0v) is 11.8. The predicted molar refractivity (Wildman–Crippen MR) is 83.7 cm³/mol. The molecule has 0 atom stereocenters. The van der Waals surface area contributed by atoms with Crippen molar-refractivity contribution in [1.29, 1.82) is 0 Å². The maximum atomic E-state index is 10.8. The van der Waals surface area contributed by atoms with Crippen molar-refractivity contribution in [3.8, 4) is 23.0 Å². The summed E-state index contributed by atoms with van der Waals surface area (Å²) < 4.78 is 5.64. The van der Waals surface area contributed by atoms with Crippen LogP contribution in [0.15, 0.2) is 59.0 Å². The Balaban J connectivity index is 1.74. The van der Waals surface area contributed by atoms with E-state index in [1.807, 2.05) is 30.3 Å². The molecule has 0 aliphatic carbocycles. The molecule has 0 aliphatic heterocycles. The molecule has 7 nitrogen and oxygen atoms in total. The van der Waals surface area contributed by atoms with Crippen LogP contribution in [0.1, 0.15) is 0 Å². The minimum Gasteiger partial charge on any atom is -0.415 e. The number of aromatic amines is 1. The number of non-ortho nitro benzene ring substituents is 1. The highest BCUT2D eigenvalue weighted by atomic mass is 16.6. The van der Waals surface area contributed by atoms with Crippen molar-refractivity contribution >= 4 is 16.6 Å². The lowest BCUT2D eigenvalue weighted by molar-refractivity contribution is -0.384. The largest absolute Gasteiger partial charge is 0.415 e. The Kier molecular flexibility index (Phi) is 2.90. The molecule has 2 heterocycles. The summed E-state index contributed by atoms with van der Waals surface area (Å²) in [6.07, 6.45) is 0. The van der Waals surface area contributed by atoms with Gasteiger partial charge in [-0.2, -0.15) is 0 Å². The standard InChI is InChI=1S/C16H10N4O3/c21-20(22)12-6-3-5-11(8-12)15-18-19-16(23-15)14-9-10-4-1-2-7-13(10)17-14/h1-9,17H. The van der Waals surface area contributed by atoms with Gasteiger partial charge in [-0.15, -0.1) is 10.2 Å². The molecule has 0 fully saturated rings. The van der Waals surface area contributed by atoms with Crippen molar-refractivity contribution in [3.63, 3.8) is 0 Å². The number of hydrogen-bond donors (Lipinski definition) is 1. The number of hydrogen-bond acceptors (Lipinski definition) is 5. The Labute approximate surface area is 129 Å². The molecule has 0 bridgehead atoms. The van der Waals surface area contributed by atoms with E-state index in [1.165, 1.54) is 12.1 Å². The first-order valence-corrected chi connectivity index (χ1v) is 6.87. The minimum absolute atomic E-state index is 0.0205.